The van der Waals surface area contributed by atoms with Crippen LogP contribution in [0.25, 0.3) is 0 Å². The van der Waals surface area contributed by atoms with Crippen molar-refractivity contribution < 1.29 is 81.7 Å². The largest absolute Gasteiger partial charge is 0.509 e. The molecule has 61 heavy (non-hydrogen) atoms. The van der Waals surface area contributed by atoms with Crippen molar-refractivity contribution in [3.8, 4) is 0 Å². The van der Waals surface area contributed by atoms with Gasteiger partial charge in [0.05, 0.1) is 36.2 Å². The second-order valence-corrected chi connectivity index (χ2v) is 18.4. The van der Waals surface area contributed by atoms with Crippen LogP contribution in [0, 0.1) is 23.2 Å². The van der Waals surface area contributed by atoms with Crippen LogP contribution in [-0.4, -0.2) is 124 Å². The minimum absolute atomic E-state index is 0.0306. The molecular weight excluding hydrogens is 802 g/mol. The zero-order valence-corrected chi connectivity index (χ0v) is 35.9. The summed E-state index contributed by atoms with van der Waals surface area (Å²) in [7, 11) is 0. The number of rotatable bonds is 10. The number of amides is 1. The molecule has 334 valence electrons. The fourth-order valence-electron chi connectivity index (χ4n) is 10.00. The summed E-state index contributed by atoms with van der Waals surface area (Å²) in [5, 5.41) is 26.0. The number of nitrogens with one attached hydrogen (secondary N) is 1. The van der Waals surface area contributed by atoms with Crippen molar-refractivity contribution in [2.75, 3.05) is 6.61 Å². The van der Waals surface area contributed by atoms with Gasteiger partial charge in [-0.15, -0.1) is 0 Å². The molecule has 1 amide bonds. The monoisotopic (exact) mass is 857 g/mol. The van der Waals surface area contributed by atoms with Gasteiger partial charge in [0.25, 0.3) is 0 Å². The number of Topliss-reactive ketones (excluding diaryl/α,β-unsaturated/α-hetero) is 1. The van der Waals surface area contributed by atoms with Gasteiger partial charge in [-0.05, 0) is 63.3 Å². The molecule has 2 bridgehead atoms. The topological polar surface area (TPSA) is 246 Å². The summed E-state index contributed by atoms with van der Waals surface area (Å²) in [4.78, 5) is 96.5. The molecule has 2 saturated carbocycles. The zero-order chi connectivity index (χ0) is 45.1. The first kappa shape index (κ1) is 45.5. The van der Waals surface area contributed by atoms with Gasteiger partial charge in [-0.25, -0.2) is 19.2 Å². The van der Waals surface area contributed by atoms with E-state index in [0.29, 0.717) is 0 Å². The molecule has 1 aromatic rings. The van der Waals surface area contributed by atoms with E-state index in [9.17, 15) is 39.0 Å². The van der Waals surface area contributed by atoms with E-state index < -0.39 is 125 Å². The number of benzene rings is 1. The maximum Gasteiger partial charge on any atom is 0.509 e. The number of alkyl carbamates (subject to hydrolysis) is 1. The van der Waals surface area contributed by atoms with Gasteiger partial charge in [0.1, 0.15) is 11.7 Å². The first-order valence-electron chi connectivity index (χ1n) is 20.3. The van der Waals surface area contributed by atoms with E-state index in [1.54, 1.807) is 52.8 Å². The average Bonchev–Trinajstić information content (AvgIpc) is 3.51. The molecule has 0 radical (unpaired) electrons. The minimum atomic E-state index is -2.34. The van der Waals surface area contributed by atoms with Crippen LogP contribution in [0.2, 0.25) is 0 Å². The molecule has 0 unspecified atom stereocenters. The van der Waals surface area contributed by atoms with Crippen LogP contribution in [0.5, 0.6) is 0 Å². The lowest BCUT2D eigenvalue weighted by Crippen LogP contribution is -2.81. The molecule has 1 spiro atoms. The Morgan fingerprint density at radius 2 is 1.64 bits per heavy atom. The Morgan fingerprint density at radius 1 is 0.984 bits per heavy atom. The van der Waals surface area contributed by atoms with Crippen LogP contribution in [0.15, 0.2) is 41.5 Å². The fourth-order valence-corrected chi connectivity index (χ4v) is 10.00. The lowest BCUT2D eigenvalue weighted by Gasteiger charge is -2.64. The summed E-state index contributed by atoms with van der Waals surface area (Å²) in [5.41, 5.74) is -6.77. The quantitative estimate of drug-likeness (QED) is 0.174. The van der Waals surface area contributed by atoms with Gasteiger partial charge in [0.15, 0.2) is 41.9 Å². The predicted octanol–water partition coefficient (Wildman–Crippen LogP) is 3.27. The van der Waals surface area contributed by atoms with Crippen molar-refractivity contribution in [1.29, 1.82) is 0 Å². The van der Waals surface area contributed by atoms with Gasteiger partial charge in [0, 0.05) is 25.7 Å². The molecular formula is C43H55NO17. The van der Waals surface area contributed by atoms with Crippen LogP contribution >= 0.6 is 0 Å². The normalized spacial score (nSPS) is 33.3. The van der Waals surface area contributed by atoms with E-state index in [2.05, 4.69) is 5.32 Å². The molecule has 2 heterocycles. The Balaban J connectivity index is 1.58. The van der Waals surface area contributed by atoms with Crippen LogP contribution in [0.4, 0.5) is 9.59 Å². The number of ether oxygens (including phenoxy) is 8. The van der Waals surface area contributed by atoms with E-state index in [0.717, 1.165) is 13.8 Å². The summed E-state index contributed by atoms with van der Waals surface area (Å²) in [6, 6.07) is 6.46. The molecule has 1 aromatic carbocycles. The fraction of sp³-hybridized carbons (Fsp3) is 0.651. The summed E-state index contributed by atoms with van der Waals surface area (Å²) in [5.74, 6) is -8.26. The number of esters is 4. The number of ketones is 1. The molecule has 0 aromatic heterocycles. The number of hydrogen-bond acceptors (Lipinski definition) is 17. The first-order chi connectivity index (χ1) is 28.4. The third-order valence-corrected chi connectivity index (χ3v) is 12.3. The predicted molar refractivity (Wildman–Crippen MR) is 207 cm³/mol. The number of carbonyl (C=O) groups excluding carboxylic acids is 7. The van der Waals surface area contributed by atoms with Gasteiger partial charge in [0.2, 0.25) is 5.60 Å². The first-order valence-corrected chi connectivity index (χ1v) is 20.3. The third kappa shape index (κ3) is 7.97. The van der Waals surface area contributed by atoms with E-state index in [4.69, 9.17) is 37.9 Å². The zero-order valence-electron chi connectivity index (χ0n) is 35.9. The van der Waals surface area contributed by atoms with Crippen LogP contribution in [0.3, 0.4) is 0 Å². The summed E-state index contributed by atoms with van der Waals surface area (Å²) < 4.78 is 47.8. The highest BCUT2D eigenvalue weighted by atomic mass is 16.8. The number of fused-ring (bicyclic) bond motifs is 4. The SMILES string of the molecule is CC(=O)O[C@H]1C(=O)[C@@H]2[C@H]([C@H](OC(=O)c3ccccc3)[C@]34OC(=O)O[C@H]3[C@H](OC(=O)[C@H](O)[C@H](CC(C)C)NC(=O)OC(C)(C)C)C(C)=C1C4(C)C)[C@]1(OC(C)=O)CO[C@@H]1C[C@@H]2O. The van der Waals surface area contributed by atoms with Gasteiger partial charge in [-0.3, -0.25) is 14.4 Å². The Labute approximate surface area is 352 Å². The molecule has 18 nitrogen and oxygen atoms in total. The van der Waals surface area contributed by atoms with Gasteiger partial charge >= 0.3 is 36.1 Å². The summed E-state index contributed by atoms with van der Waals surface area (Å²) >= 11 is 0. The summed E-state index contributed by atoms with van der Waals surface area (Å²) in [6.07, 6.45) is -14.3. The van der Waals surface area contributed by atoms with Crippen LogP contribution in [-0.2, 0) is 57.1 Å². The molecule has 2 aliphatic heterocycles. The van der Waals surface area contributed by atoms with E-state index >= 15 is 4.79 Å². The molecule has 2 saturated heterocycles. The smallest absolute Gasteiger partial charge is 0.454 e. The minimum Gasteiger partial charge on any atom is -0.454 e. The molecule has 4 fully saturated rings. The van der Waals surface area contributed by atoms with Crippen molar-refractivity contribution in [3.05, 3.63) is 47.0 Å². The molecule has 3 N–H and O–H groups in total. The highest BCUT2D eigenvalue weighted by Gasteiger charge is 2.81. The number of aliphatic hydroxyl groups excluding tert-OH is 2. The standard InChI is InChI=1S/C43H55NO17/c1-19(2)16-24(44-38(52)60-40(6,7)8)30(48)37(51)56-32-20(3)28-33(55-21(4)45)31(49)27-25(47)17-26-42(18-54-26,59-22(5)46)29(27)34(57-36(50)23-14-12-11-13-15-23)43(41(28,9)10)35(32)58-39(53)61-43/h11-15,19,24-27,29-30,32-35,47-48H,16-18H2,1-10H3,(H,44,52)/t24-,25-,26+,27-,29+,30+,32+,33+,34-,35-,42-,43-/m0/s1. The van der Waals surface area contributed by atoms with E-state index in [1.165, 1.54) is 32.9 Å². The second kappa shape index (κ2) is 16.3. The molecule has 12 atom stereocenters. The Bertz CT molecular complexity index is 1990. The second-order valence-electron chi connectivity index (χ2n) is 18.4. The van der Waals surface area contributed by atoms with E-state index in [1.807, 2.05) is 0 Å². The molecule has 18 heteroatoms. The molecule has 3 aliphatic carbocycles. The highest BCUT2D eigenvalue weighted by Crippen LogP contribution is 2.64. The molecule has 5 aliphatic rings. The summed E-state index contributed by atoms with van der Waals surface area (Å²) in [6.45, 7) is 14.9. The maximum absolute atomic E-state index is 15.3. The maximum atomic E-state index is 15.3. The van der Waals surface area contributed by atoms with Crippen molar-refractivity contribution in [2.24, 2.45) is 23.2 Å². The number of carbonyl (C=O) groups is 7. The van der Waals surface area contributed by atoms with Crippen LogP contribution < -0.4 is 5.32 Å². The van der Waals surface area contributed by atoms with Gasteiger partial charge in [-0.1, -0.05) is 45.9 Å². The Kier molecular flexibility index (Phi) is 12.2. The van der Waals surface area contributed by atoms with Gasteiger partial charge < -0.3 is 53.4 Å². The van der Waals surface area contributed by atoms with Crippen molar-refractivity contribution in [3.63, 3.8) is 0 Å². The van der Waals surface area contributed by atoms with Crippen LogP contribution in [0.1, 0.15) is 92.4 Å². The highest BCUT2D eigenvalue weighted by molar-refractivity contribution is 5.93. The van der Waals surface area contributed by atoms with Crippen molar-refractivity contribution in [1.82, 2.24) is 5.32 Å². The lowest BCUT2D eigenvalue weighted by molar-refractivity contribution is -0.332. The Hall–Kier alpha value is -5.07. The third-order valence-electron chi connectivity index (χ3n) is 12.3. The van der Waals surface area contributed by atoms with Crippen molar-refractivity contribution >= 4 is 41.9 Å². The van der Waals surface area contributed by atoms with Gasteiger partial charge in [-0.2, -0.15) is 0 Å². The number of hydrogen-bond donors (Lipinski definition) is 3. The molecule has 6 rings (SSSR count). The van der Waals surface area contributed by atoms with E-state index in [-0.39, 0.29) is 42.1 Å². The Morgan fingerprint density at radius 3 is 2.20 bits per heavy atom. The van der Waals surface area contributed by atoms with Crippen molar-refractivity contribution in [2.45, 2.75) is 148 Å². The number of aliphatic hydroxyl groups is 2. The average molecular weight is 858 g/mol. The lowest BCUT2D eigenvalue weighted by atomic mass is 9.48.